The zero-order valence-corrected chi connectivity index (χ0v) is 18.6. The number of ether oxygens (including phenoxy) is 5. The molecule has 9 heteroatoms. The number of esters is 2. The summed E-state index contributed by atoms with van der Waals surface area (Å²) in [4.78, 5) is 27.7. The summed E-state index contributed by atoms with van der Waals surface area (Å²) in [7, 11) is 3.15. The van der Waals surface area contributed by atoms with Crippen LogP contribution in [-0.2, 0) is 41.4 Å². The van der Waals surface area contributed by atoms with Crippen LogP contribution < -0.4 is 4.74 Å². The highest BCUT2D eigenvalue weighted by Gasteiger charge is 2.37. The van der Waals surface area contributed by atoms with Crippen molar-refractivity contribution >= 4 is 23.0 Å². The van der Waals surface area contributed by atoms with Crippen molar-refractivity contribution in [3.05, 3.63) is 35.1 Å². The van der Waals surface area contributed by atoms with Gasteiger partial charge in [-0.15, -0.1) is 0 Å². The molecule has 0 spiro atoms. The summed E-state index contributed by atoms with van der Waals surface area (Å²) in [5, 5.41) is 0.773. The molecule has 0 amide bonds. The lowest BCUT2D eigenvalue weighted by atomic mass is 9.96. The minimum Gasteiger partial charge on any atom is -0.497 e. The smallest absolute Gasteiger partial charge is 0.303 e. The van der Waals surface area contributed by atoms with Crippen molar-refractivity contribution in [3.63, 3.8) is 0 Å². The van der Waals surface area contributed by atoms with Crippen LogP contribution in [-0.4, -0.2) is 49.5 Å². The lowest BCUT2D eigenvalue weighted by Crippen LogP contribution is -2.46. The first-order valence-corrected chi connectivity index (χ1v) is 9.84. The largest absolute Gasteiger partial charge is 0.497 e. The summed E-state index contributed by atoms with van der Waals surface area (Å²) >= 11 is 0. The normalized spacial score (nSPS) is 14.6. The van der Waals surface area contributed by atoms with Gasteiger partial charge in [0, 0.05) is 25.8 Å². The Bertz CT molecular complexity index is 1020. The van der Waals surface area contributed by atoms with Crippen LogP contribution >= 0.6 is 0 Å². The van der Waals surface area contributed by atoms with Gasteiger partial charge in [-0.2, -0.15) is 0 Å². The molecule has 0 saturated carbocycles. The van der Waals surface area contributed by atoms with Crippen molar-refractivity contribution in [1.82, 2.24) is 4.98 Å². The van der Waals surface area contributed by atoms with Crippen molar-refractivity contribution in [3.8, 4) is 5.75 Å². The molecule has 0 bridgehead atoms. The number of hydrogen-bond acceptors (Lipinski definition) is 9. The first kappa shape index (κ1) is 22.5. The summed E-state index contributed by atoms with van der Waals surface area (Å²) in [5.74, 6) is 0.845. The molecule has 31 heavy (non-hydrogen) atoms. The van der Waals surface area contributed by atoms with Crippen LogP contribution in [0.25, 0.3) is 11.1 Å². The summed E-state index contributed by atoms with van der Waals surface area (Å²) in [6.07, 6.45) is 1.50. The van der Waals surface area contributed by atoms with E-state index in [1.165, 1.54) is 13.8 Å². The fourth-order valence-electron chi connectivity index (χ4n) is 3.62. The minimum absolute atomic E-state index is 0.0267. The summed E-state index contributed by atoms with van der Waals surface area (Å²) in [5.41, 5.74) is 1.06. The van der Waals surface area contributed by atoms with E-state index in [1.54, 1.807) is 40.4 Å². The van der Waals surface area contributed by atoms with Crippen molar-refractivity contribution in [2.45, 2.75) is 52.2 Å². The van der Waals surface area contributed by atoms with E-state index in [4.69, 9.17) is 28.1 Å². The highest BCUT2D eigenvalue weighted by Crippen LogP contribution is 2.38. The Morgan fingerprint density at radius 1 is 1.13 bits per heavy atom. The Hall–Kier alpha value is -3.23. The zero-order chi connectivity index (χ0) is 22.8. The van der Waals surface area contributed by atoms with Crippen LogP contribution in [0.5, 0.6) is 5.75 Å². The topological polar surface area (TPSA) is 106 Å². The summed E-state index contributed by atoms with van der Waals surface area (Å²) in [6.45, 7) is 5.89. The number of allylic oxidation sites excluding steroid dienone is 2. The fourth-order valence-corrected chi connectivity index (χ4v) is 3.62. The first-order chi connectivity index (χ1) is 14.7. The first-order valence-electron chi connectivity index (χ1n) is 9.84. The predicted molar refractivity (Wildman–Crippen MR) is 109 cm³/mol. The third-order valence-corrected chi connectivity index (χ3v) is 5.07. The van der Waals surface area contributed by atoms with Crippen molar-refractivity contribution < 1.29 is 37.7 Å². The van der Waals surface area contributed by atoms with E-state index < -0.39 is 23.6 Å². The predicted octanol–water partition coefficient (Wildman–Crippen LogP) is 3.08. The number of pyridine rings is 1. The fraction of sp³-hybridized carbons (Fsp3) is 0.500. The second-order valence-corrected chi connectivity index (χ2v) is 7.72. The molecule has 2 aromatic heterocycles. The second-order valence-electron chi connectivity index (χ2n) is 7.72. The van der Waals surface area contributed by atoms with E-state index in [1.807, 2.05) is 0 Å². The number of rotatable bonds is 8. The van der Waals surface area contributed by atoms with Gasteiger partial charge in [0.25, 0.3) is 0 Å². The van der Waals surface area contributed by atoms with E-state index in [-0.39, 0.29) is 6.61 Å². The Kier molecular flexibility index (Phi) is 6.42. The average molecular weight is 433 g/mol. The number of aromatic nitrogens is 1. The van der Waals surface area contributed by atoms with Gasteiger partial charge in [-0.05, 0) is 19.9 Å². The number of carbonyl (C=O) groups excluding carboxylic acids is 2. The van der Waals surface area contributed by atoms with E-state index in [9.17, 15) is 9.59 Å². The molecular weight excluding hydrogens is 406 g/mol. The summed E-state index contributed by atoms with van der Waals surface area (Å²) in [6, 6.07) is 1.80. The number of fused-ring (bicyclic) bond motifs is 2. The van der Waals surface area contributed by atoms with Crippen LogP contribution in [0, 0.1) is 0 Å². The maximum Gasteiger partial charge on any atom is 0.303 e. The zero-order valence-electron chi connectivity index (χ0n) is 18.6. The van der Waals surface area contributed by atoms with E-state index in [0.717, 1.165) is 16.6 Å². The molecule has 0 fully saturated rings. The van der Waals surface area contributed by atoms with Gasteiger partial charge in [-0.3, -0.25) is 9.59 Å². The molecule has 3 rings (SSSR count). The summed E-state index contributed by atoms with van der Waals surface area (Å²) < 4.78 is 33.4. The monoisotopic (exact) mass is 433 g/mol. The standard InChI is InChI=1S/C22H27NO8/c1-12(24)30-19(22(3,4)31-13(2)25)11-29-18-9-15-16(10-17(18)26-5)23-21-14(7-8-28-21)20(15)27-6/h7-8,19H,9-11H2,1-6H3. The molecule has 1 unspecified atom stereocenters. The van der Waals surface area contributed by atoms with E-state index in [0.29, 0.717) is 35.8 Å². The van der Waals surface area contributed by atoms with Crippen LogP contribution in [0.4, 0.5) is 0 Å². The molecule has 1 aliphatic carbocycles. The number of methoxy groups -OCH3 is 2. The van der Waals surface area contributed by atoms with Gasteiger partial charge in [-0.1, -0.05) is 0 Å². The molecule has 0 aromatic carbocycles. The molecule has 1 aliphatic rings. The maximum absolute atomic E-state index is 11.6. The third-order valence-electron chi connectivity index (χ3n) is 5.07. The van der Waals surface area contributed by atoms with Gasteiger partial charge in [0.15, 0.2) is 6.10 Å². The van der Waals surface area contributed by atoms with Crippen molar-refractivity contribution in [1.29, 1.82) is 0 Å². The van der Waals surface area contributed by atoms with Gasteiger partial charge in [0.1, 0.15) is 29.5 Å². The van der Waals surface area contributed by atoms with E-state index in [2.05, 4.69) is 4.98 Å². The molecule has 2 aromatic rings. The Morgan fingerprint density at radius 3 is 2.48 bits per heavy atom. The van der Waals surface area contributed by atoms with Gasteiger partial charge in [0.05, 0.1) is 38.0 Å². The van der Waals surface area contributed by atoms with Crippen LogP contribution in [0.15, 0.2) is 28.3 Å². The average Bonchev–Trinajstić information content (AvgIpc) is 3.15. The van der Waals surface area contributed by atoms with Crippen LogP contribution in [0.3, 0.4) is 0 Å². The van der Waals surface area contributed by atoms with Crippen LogP contribution in [0.1, 0.15) is 39.0 Å². The molecule has 0 N–H and O–H groups in total. The molecule has 0 radical (unpaired) electrons. The molecule has 168 valence electrons. The van der Waals surface area contributed by atoms with Crippen LogP contribution in [0.2, 0.25) is 0 Å². The number of furan rings is 1. The quantitative estimate of drug-likeness (QED) is 0.581. The van der Waals surface area contributed by atoms with Gasteiger partial charge >= 0.3 is 11.9 Å². The van der Waals surface area contributed by atoms with E-state index >= 15 is 0 Å². The Labute approximate surface area is 180 Å². The Balaban J connectivity index is 1.87. The number of nitrogens with zero attached hydrogens (tertiary/aromatic N) is 1. The van der Waals surface area contributed by atoms with Gasteiger partial charge < -0.3 is 28.1 Å². The lowest BCUT2D eigenvalue weighted by Gasteiger charge is -2.33. The maximum atomic E-state index is 11.6. The molecule has 0 saturated heterocycles. The highest BCUT2D eigenvalue weighted by atomic mass is 16.6. The number of hydrogen-bond donors (Lipinski definition) is 0. The molecule has 0 aliphatic heterocycles. The SMILES string of the molecule is COC1=C(OCC(OC(C)=O)C(C)(C)OC(C)=O)Cc2c(nc3occc3c2OC)C1. The molecule has 9 nitrogen and oxygen atoms in total. The van der Waals surface area contributed by atoms with Gasteiger partial charge in [-0.25, -0.2) is 4.98 Å². The number of carbonyl (C=O) groups is 2. The molecular formula is C22H27NO8. The van der Waals surface area contributed by atoms with Crippen molar-refractivity contribution in [2.75, 3.05) is 20.8 Å². The lowest BCUT2D eigenvalue weighted by molar-refractivity contribution is -0.183. The third kappa shape index (κ3) is 4.76. The highest BCUT2D eigenvalue weighted by molar-refractivity contribution is 5.83. The Morgan fingerprint density at radius 2 is 1.87 bits per heavy atom. The molecule has 2 heterocycles. The van der Waals surface area contributed by atoms with Gasteiger partial charge in [0.2, 0.25) is 5.71 Å². The minimum atomic E-state index is -1.08. The van der Waals surface area contributed by atoms with Crippen molar-refractivity contribution in [2.24, 2.45) is 0 Å². The molecule has 1 atom stereocenters. The second kappa shape index (κ2) is 8.87.